The van der Waals surface area contributed by atoms with Crippen LogP contribution in [-0.2, 0) is 22.6 Å². The molecule has 0 radical (unpaired) electrons. The average molecular weight is 350 g/mol. The van der Waals surface area contributed by atoms with E-state index in [1.165, 1.54) is 11.3 Å². The van der Waals surface area contributed by atoms with Crippen LogP contribution in [0.5, 0.6) is 0 Å². The number of primary amides is 2. The molecule has 8 heteroatoms. The summed E-state index contributed by atoms with van der Waals surface area (Å²) in [5.41, 5.74) is 11.6. The van der Waals surface area contributed by atoms with Gasteiger partial charge in [0.15, 0.2) is 0 Å². The third-order valence-electron chi connectivity index (χ3n) is 4.66. The topological polar surface area (TPSA) is 110 Å². The minimum Gasteiger partial charge on any atom is -0.369 e. The van der Waals surface area contributed by atoms with Crippen LogP contribution in [0.2, 0.25) is 0 Å². The lowest BCUT2D eigenvalue weighted by atomic mass is 9.95. The Morgan fingerprint density at radius 3 is 2.75 bits per heavy atom. The van der Waals surface area contributed by atoms with Gasteiger partial charge >= 0.3 is 0 Å². The molecule has 3 rings (SSSR count). The van der Waals surface area contributed by atoms with E-state index in [-0.39, 0.29) is 24.3 Å². The summed E-state index contributed by atoms with van der Waals surface area (Å²) in [7, 11) is 0. The molecule has 1 saturated heterocycles. The molecule has 130 valence electrons. The summed E-state index contributed by atoms with van der Waals surface area (Å²) >= 11 is 1.43. The molecule has 1 atom stereocenters. The average Bonchev–Trinajstić information content (AvgIpc) is 2.97. The summed E-state index contributed by atoms with van der Waals surface area (Å²) in [4.78, 5) is 40.8. The maximum absolute atomic E-state index is 12.8. The van der Waals surface area contributed by atoms with Crippen LogP contribution >= 0.6 is 11.3 Å². The third kappa shape index (κ3) is 3.59. The van der Waals surface area contributed by atoms with Crippen molar-refractivity contribution < 1.29 is 14.4 Å². The zero-order chi connectivity index (χ0) is 17.3. The molecule has 3 heterocycles. The lowest BCUT2D eigenvalue weighted by molar-refractivity contribution is -0.139. The summed E-state index contributed by atoms with van der Waals surface area (Å²) in [5.74, 6) is -0.736. The number of amides is 3. The fourth-order valence-electron chi connectivity index (χ4n) is 3.52. The van der Waals surface area contributed by atoms with Gasteiger partial charge in [-0.3, -0.25) is 19.3 Å². The van der Waals surface area contributed by atoms with E-state index in [1.54, 1.807) is 0 Å². The van der Waals surface area contributed by atoms with Crippen LogP contribution in [0.1, 0.15) is 33.0 Å². The van der Waals surface area contributed by atoms with Crippen molar-refractivity contribution in [1.29, 1.82) is 0 Å². The predicted octanol–water partition coefficient (Wildman–Crippen LogP) is -0.0710. The van der Waals surface area contributed by atoms with Crippen molar-refractivity contribution in [2.75, 3.05) is 26.2 Å². The molecule has 2 aliphatic heterocycles. The Labute approximate surface area is 144 Å². The second-order valence-electron chi connectivity index (χ2n) is 6.47. The molecule has 0 aromatic carbocycles. The second kappa shape index (κ2) is 6.90. The first kappa shape index (κ1) is 16.9. The van der Waals surface area contributed by atoms with Gasteiger partial charge in [-0.25, -0.2) is 0 Å². The summed E-state index contributed by atoms with van der Waals surface area (Å²) in [6.45, 7) is 2.80. The van der Waals surface area contributed by atoms with Gasteiger partial charge in [-0.15, -0.1) is 11.3 Å². The first-order valence-electron chi connectivity index (χ1n) is 8.15. The second-order valence-corrected chi connectivity index (χ2v) is 7.61. The highest BCUT2D eigenvalue weighted by molar-refractivity contribution is 7.14. The van der Waals surface area contributed by atoms with E-state index in [9.17, 15) is 14.4 Å². The fraction of sp³-hybridized carbons (Fsp3) is 0.562. The monoisotopic (exact) mass is 350 g/mol. The standard InChI is InChI=1S/C16H22N4O3S/c17-14(21)9-19-4-1-2-10(7-19)16(23)20-5-3-12-11(8-20)6-13(24-12)15(18)22/h6,10H,1-5,7-9H2,(H2,17,21)(H2,18,22). The maximum Gasteiger partial charge on any atom is 0.258 e. The normalized spacial score (nSPS) is 21.3. The van der Waals surface area contributed by atoms with E-state index >= 15 is 0 Å². The number of piperidine rings is 1. The minimum atomic E-state index is -0.415. The van der Waals surface area contributed by atoms with Crippen LogP contribution in [0.15, 0.2) is 6.07 Å². The zero-order valence-corrected chi connectivity index (χ0v) is 14.3. The number of nitrogens with zero attached hydrogens (tertiary/aromatic N) is 2. The Bertz CT molecular complexity index is 672. The molecule has 1 aromatic rings. The van der Waals surface area contributed by atoms with Gasteiger partial charge in [-0.2, -0.15) is 0 Å². The van der Waals surface area contributed by atoms with Gasteiger partial charge < -0.3 is 16.4 Å². The summed E-state index contributed by atoms with van der Waals surface area (Å²) in [6.07, 6.45) is 2.50. The number of hydrogen-bond donors (Lipinski definition) is 2. The van der Waals surface area contributed by atoms with Gasteiger partial charge in [-0.1, -0.05) is 0 Å². The summed E-state index contributed by atoms with van der Waals surface area (Å²) in [5, 5.41) is 0. The predicted molar refractivity (Wildman–Crippen MR) is 90.3 cm³/mol. The molecule has 0 aliphatic carbocycles. The first-order chi connectivity index (χ1) is 11.4. The van der Waals surface area contributed by atoms with Gasteiger partial charge in [-0.05, 0) is 37.4 Å². The highest BCUT2D eigenvalue weighted by Gasteiger charge is 2.32. The highest BCUT2D eigenvalue weighted by atomic mass is 32.1. The lowest BCUT2D eigenvalue weighted by Gasteiger charge is -2.35. The quantitative estimate of drug-likeness (QED) is 0.792. The van der Waals surface area contributed by atoms with Crippen molar-refractivity contribution in [3.63, 3.8) is 0 Å². The zero-order valence-electron chi connectivity index (χ0n) is 13.5. The number of likely N-dealkylation sites (tertiary alicyclic amines) is 1. The molecule has 4 N–H and O–H groups in total. The van der Waals surface area contributed by atoms with E-state index in [4.69, 9.17) is 11.5 Å². The van der Waals surface area contributed by atoms with Crippen LogP contribution < -0.4 is 11.5 Å². The molecular weight excluding hydrogens is 328 g/mol. The molecule has 1 aromatic heterocycles. The van der Waals surface area contributed by atoms with Crippen molar-refractivity contribution >= 4 is 29.1 Å². The number of thiophene rings is 1. The molecule has 0 spiro atoms. The van der Waals surface area contributed by atoms with Gasteiger partial charge in [0, 0.05) is 24.5 Å². The Balaban J connectivity index is 1.65. The number of carbonyl (C=O) groups is 3. The van der Waals surface area contributed by atoms with E-state index in [1.807, 2.05) is 15.9 Å². The number of carbonyl (C=O) groups excluding carboxylic acids is 3. The maximum atomic E-state index is 12.8. The van der Waals surface area contributed by atoms with Gasteiger partial charge in [0.05, 0.1) is 17.3 Å². The van der Waals surface area contributed by atoms with Crippen LogP contribution in [0.25, 0.3) is 0 Å². The Hall–Kier alpha value is -1.93. The van der Waals surface area contributed by atoms with E-state index in [0.29, 0.717) is 24.5 Å². The van der Waals surface area contributed by atoms with Crippen molar-refractivity contribution in [2.45, 2.75) is 25.8 Å². The smallest absolute Gasteiger partial charge is 0.258 e. The van der Waals surface area contributed by atoms with Crippen LogP contribution in [0.3, 0.4) is 0 Å². The molecule has 3 amide bonds. The molecule has 24 heavy (non-hydrogen) atoms. The third-order valence-corrected chi connectivity index (χ3v) is 5.91. The van der Waals surface area contributed by atoms with Crippen LogP contribution in [-0.4, -0.2) is 53.7 Å². The fourth-order valence-corrected chi connectivity index (χ4v) is 4.54. The van der Waals surface area contributed by atoms with E-state index in [0.717, 1.165) is 36.2 Å². The molecule has 0 saturated carbocycles. The number of nitrogens with two attached hydrogens (primary N) is 2. The highest BCUT2D eigenvalue weighted by Crippen LogP contribution is 2.29. The summed E-state index contributed by atoms with van der Waals surface area (Å²) < 4.78 is 0. The molecule has 1 fully saturated rings. The summed E-state index contributed by atoms with van der Waals surface area (Å²) in [6, 6.07) is 1.81. The Morgan fingerprint density at radius 2 is 2.04 bits per heavy atom. The minimum absolute atomic E-state index is 0.0890. The van der Waals surface area contributed by atoms with Crippen LogP contribution in [0.4, 0.5) is 0 Å². The van der Waals surface area contributed by atoms with Gasteiger partial charge in [0.2, 0.25) is 11.8 Å². The lowest BCUT2D eigenvalue weighted by Crippen LogP contribution is -2.47. The van der Waals surface area contributed by atoms with E-state index in [2.05, 4.69) is 0 Å². The Kier molecular flexibility index (Phi) is 4.86. The van der Waals surface area contributed by atoms with Gasteiger partial charge in [0.1, 0.15) is 0 Å². The SMILES string of the molecule is NC(=O)CN1CCCC(C(=O)N2CCc3sc(C(N)=O)cc3C2)C1. The van der Waals surface area contributed by atoms with Crippen molar-refractivity contribution in [3.05, 3.63) is 21.4 Å². The van der Waals surface area contributed by atoms with Crippen LogP contribution in [0, 0.1) is 5.92 Å². The van der Waals surface area contributed by atoms with Crippen molar-refractivity contribution in [2.24, 2.45) is 17.4 Å². The first-order valence-corrected chi connectivity index (χ1v) is 8.96. The number of hydrogen-bond acceptors (Lipinski definition) is 5. The van der Waals surface area contributed by atoms with E-state index < -0.39 is 5.91 Å². The molecular formula is C16H22N4O3S. The van der Waals surface area contributed by atoms with Crippen molar-refractivity contribution in [3.8, 4) is 0 Å². The molecule has 7 nitrogen and oxygen atoms in total. The van der Waals surface area contributed by atoms with Crippen molar-refractivity contribution in [1.82, 2.24) is 9.80 Å². The number of fused-ring (bicyclic) bond motifs is 1. The number of rotatable bonds is 4. The molecule has 0 bridgehead atoms. The Morgan fingerprint density at radius 1 is 1.25 bits per heavy atom. The van der Waals surface area contributed by atoms with Gasteiger partial charge in [0.25, 0.3) is 5.91 Å². The molecule has 2 aliphatic rings. The largest absolute Gasteiger partial charge is 0.369 e. The molecule has 1 unspecified atom stereocenters.